The van der Waals surface area contributed by atoms with E-state index in [-0.39, 0.29) is 5.54 Å². The quantitative estimate of drug-likeness (QED) is 0.579. The monoisotopic (exact) mass is 176 g/mol. The first-order chi connectivity index (χ1) is 6.41. The molecule has 1 heterocycles. The van der Waals surface area contributed by atoms with E-state index >= 15 is 0 Å². The van der Waals surface area contributed by atoms with Gasteiger partial charge in [0.2, 0.25) is 0 Å². The molecule has 1 spiro atoms. The fourth-order valence-electron chi connectivity index (χ4n) is 3.04. The molecule has 2 aliphatic carbocycles. The van der Waals surface area contributed by atoms with Crippen LogP contribution in [0.15, 0.2) is 23.8 Å². The van der Waals surface area contributed by atoms with E-state index in [1.165, 1.54) is 19.3 Å². The van der Waals surface area contributed by atoms with Gasteiger partial charge in [-0.1, -0.05) is 23.8 Å². The normalized spacial score (nSPS) is 42.5. The first kappa shape index (κ1) is 7.77. The molecule has 1 saturated carbocycles. The highest BCUT2D eigenvalue weighted by Gasteiger charge is 2.43. The van der Waals surface area contributed by atoms with Crippen molar-refractivity contribution < 1.29 is 0 Å². The minimum atomic E-state index is 0.264. The Morgan fingerprint density at radius 3 is 3.31 bits per heavy atom. The van der Waals surface area contributed by atoms with Gasteiger partial charge in [-0.25, -0.2) is 0 Å². The molecule has 0 aromatic heterocycles. The smallest absolute Gasteiger partial charge is 0.0570 e. The van der Waals surface area contributed by atoms with Gasteiger partial charge >= 0.3 is 0 Å². The van der Waals surface area contributed by atoms with E-state index in [4.69, 9.17) is 0 Å². The molecule has 2 heteroatoms. The molecule has 2 atom stereocenters. The molecule has 3 rings (SSSR count). The lowest BCUT2D eigenvalue weighted by Gasteiger charge is -2.35. The standard InChI is InChI=1S/C11H16N2/c1-3-9-4-2-6-11(10(9)5-1)7-12-8-13-11/h2,4,6,10,12-13H,1,3,5,7-8H2. The molecule has 2 N–H and O–H groups in total. The molecule has 1 aliphatic heterocycles. The van der Waals surface area contributed by atoms with E-state index < -0.39 is 0 Å². The molecule has 1 saturated heterocycles. The molecule has 0 radical (unpaired) electrons. The van der Waals surface area contributed by atoms with Crippen molar-refractivity contribution in [3.05, 3.63) is 23.8 Å². The second-order valence-corrected chi connectivity index (χ2v) is 4.37. The zero-order valence-electron chi connectivity index (χ0n) is 7.84. The minimum Gasteiger partial charge on any atom is -0.302 e. The average molecular weight is 176 g/mol. The Labute approximate surface area is 79.1 Å². The molecule has 2 fully saturated rings. The van der Waals surface area contributed by atoms with E-state index in [1.807, 2.05) is 0 Å². The van der Waals surface area contributed by atoms with Crippen LogP contribution in [-0.2, 0) is 0 Å². The maximum absolute atomic E-state index is 3.60. The van der Waals surface area contributed by atoms with E-state index in [2.05, 4.69) is 28.9 Å². The molecule has 0 bridgehead atoms. The molecule has 0 amide bonds. The van der Waals surface area contributed by atoms with Crippen LogP contribution in [0.5, 0.6) is 0 Å². The highest BCUT2D eigenvalue weighted by molar-refractivity contribution is 5.34. The van der Waals surface area contributed by atoms with Gasteiger partial charge in [0.15, 0.2) is 0 Å². The summed E-state index contributed by atoms with van der Waals surface area (Å²) in [5.74, 6) is 0.771. The summed E-state index contributed by atoms with van der Waals surface area (Å²) in [6, 6.07) is 0. The average Bonchev–Trinajstić information content (AvgIpc) is 2.74. The molecule has 2 unspecified atom stereocenters. The number of allylic oxidation sites excluding steroid dienone is 2. The summed E-state index contributed by atoms with van der Waals surface area (Å²) in [4.78, 5) is 0. The van der Waals surface area contributed by atoms with Crippen molar-refractivity contribution in [3.63, 3.8) is 0 Å². The zero-order valence-corrected chi connectivity index (χ0v) is 7.84. The first-order valence-corrected chi connectivity index (χ1v) is 5.25. The Bertz CT molecular complexity index is 272. The second-order valence-electron chi connectivity index (χ2n) is 4.37. The van der Waals surface area contributed by atoms with Crippen LogP contribution < -0.4 is 10.6 Å². The summed E-state index contributed by atoms with van der Waals surface area (Å²) >= 11 is 0. The maximum Gasteiger partial charge on any atom is 0.0570 e. The molecule has 13 heavy (non-hydrogen) atoms. The van der Waals surface area contributed by atoms with E-state index in [9.17, 15) is 0 Å². The van der Waals surface area contributed by atoms with Crippen molar-refractivity contribution in [2.75, 3.05) is 13.2 Å². The zero-order chi connectivity index (χ0) is 8.73. The Kier molecular flexibility index (Phi) is 1.61. The Hall–Kier alpha value is -0.600. The van der Waals surface area contributed by atoms with Crippen LogP contribution >= 0.6 is 0 Å². The maximum atomic E-state index is 3.60. The molecular weight excluding hydrogens is 160 g/mol. The van der Waals surface area contributed by atoms with Crippen molar-refractivity contribution >= 4 is 0 Å². The van der Waals surface area contributed by atoms with Crippen LogP contribution in [0.2, 0.25) is 0 Å². The molecular formula is C11H16N2. The van der Waals surface area contributed by atoms with Gasteiger partial charge in [-0.3, -0.25) is 5.32 Å². The van der Waals surface area contributed by atoms with Gasteiger partial charge in [-0.2, -0.15) is 0 Å². The summed E-state index contributed by atoms with van der Waals surface area (Å²) in [6.07, 6.45) is 11.0. The topological polar surface area (TPSA) is 24.1 Å². The van der Waals surface area contributed by atoms with Gasteiger partial charge in [-0.05, 0) is 19.3 Å². The van der Waals surface area contributed by atoms with Gasteiger partial charge in [0, 0.05) is 19.1 Å². The van der Waals surface area contributed by atoms with Gasteiger partial charge in [0.1, 0.15) is 0 Å². The Morgan fingerprint density at radius 2 is 2.46 bits per heavy atom. The van der Waals surface area contributed by atoms with Crippen molar-refractivity contribution in [1.82, 2.24) is 10.6 Å². The molecule has 0 aromatic rings. The van der Waals surface area contributed by atoms with Gasteiger partial charge in [-0.15, -0.1) is 0 Å². The van der Waals surface area contributed by atoms with Crippen LogP contribution in [0, 0.1) is 5.92 Å². The van der Waals surface area contributed by atoms with Gasteiger partial charge in [0.05, 0.1) is 5.54 Å². The summed E-state index contributed by atoms with van der Waals surface area (Å²) in [6.45, 7) is 2.07. The van der Waals surface area contributed by atoms with Crippen LogP contribution in [0.3, 0.4) is 0 Å². The van der Waals surface area contributed by atoms with Crippen molar-refractivity contribution in [1.29, 1.82) is 0 Å². The van der Waals surface area contributed by atoms with Crippen molar-refractivity contribution in [2.24, 2.45) is 5.92 Å². The molecule has 70 valence electrons. The fraction of sp³-hybridized carbons (Fsp3) is 0.636. The second kappa shape index (κ2) is 2.69. The first-order valence-electron chi connectivity index (χ1n) is 5.25. The fourth-order valence-corrected chi connectivity index (χ4v) is 3.04. The molecule has 0 aromatic carbocycles. The van der Waals surface area contributed by atoms with Crippen LogP contribution in [0.25, 0.3) is 0 Å². The highest BCUT2D eigenvalue weighted by Crippen LogP contribution is 2.42. The molecule has 2 nitrogen and oxygen atoms in total. The number of hydrogen-bond donors (Lipinski definition) is 2. The third kappa shape index (κ3) is 1.02. The third-order valence-electron chi connectivity index (χ3n) is 3.69. The number of fused-ring (bicyclic) bond motifs is 2. The van der Waals surface area contributed by atoms with Crippen molar-refractivity contribution in [2.45, 2.75) is 24.8 Å². The van der Waals surface area contributed by atoms with Gasteiger partial charge < -0.3 is 5.32 Å². The number of hydrogen-bond acceptors (Lipinski definition) is 2. The SMILES string of the molecule is C1=CC2(CNCN2)C2CCCC2=C1. The highest BCUT2D eigenvalue weighted by atomic mass is 15.2. The van der Waals surface area contributed by atoms with Crippen LogP contribution in [0.4, 0.5) is 0 Å². The molecule has 3 aliphatic rings. The lowest BCUT2D eigenvalue weighted by Crippen LogP contribution is -2.48. The Morgan fingerprint density at radius 1 is 1.46 bits per heavy atom. The van der Waals surface area contributed by atoms with Crippen molar-refractivity contribution in [3.8, 4) is 0 Å². The minimum absolute atomic E-state index is 0.264. The van der Waals surface area contributed by atoms with Crippen LogP contribution in [0.1, 0.15) is 19.3 Å². The lowest BCUT2D eigenvalue weighted by molar-refractivity contribution is 0.359. The number of rotatable bonds is 0. The predicted molar refractivity (Wildman–Crippen MR) is 53.3 cm³/mol. The summed E-state index contributed by atoms with van der Waals surface area (Å²) in [5.41, 5.74) is 1.93. The Balaban J connectivity index is 1.97. The summed E-state index contributed by atoms with van der Waals surface area (Å²) < 4.78 is 0. The van der Waals surface area contributed by atoms with E-state index in [0.29, 0.717) is 0 Å². The number of nitrogens with one attached hydrogen (secondary N) is 2. The van der Waals surface area contributed by atoms with E-state index in [0.717, 1.165) is 19.1 Å². The third-order valence-corrected chi connectivity index (χ3v) is 3.69. The van der Waals surface area contributed by atoms with E-state index in [1.54, 1.807) is 5.57 Å². The predicted octanol–water partition coefficient (Wildman–Crippen LogP) is 1.17. The summed E-state index contributed by atoms with van der Waals surface area (Å²) in [7, 11) is 0. The lowest BCUT2D eigenvalue weighted by atomic mass is 9.78. The van der Waals surface area contributed by atoms with Gasteiger partial charge in [0.25, 0.3) is 0 Å². The summed E-state index contributed by atoms with van der Waals surface area (Å²) in [5, 5.41) is 7.01. The van der Waals surface area contributed by atoms with Crippen LogP contribution in [-0.4, -0.2) is 18.8 Å². The largest absolute Gasteiger partial charge is 0.302 e.